The summed E-state index contributed by atoms with van der Waals surface area (Å²) in [6, 6.07) is 8.93. The third kappa shape index (κ3) is 2.86. The third-order valence-electron chi connectivity index (χ3n) is 4.58. The molecule has 1 amide bonds. The molecule has 108 valence electrons. The van der Waals surface area contributed by atoms with Crippen molar-refractivity contribution in [2.24, 2.45) is 5.73 Å². The molecule has 1 aromatic rings. The molecule has 3 rings (SSSR count). The van der Waals surface area contributed by atoms with Crippen molar-refractivity contribution in [3.63, 3.8) is 0 Å². The van der Waals surface area contributed by atoms with Gasteiger partial charge < -0.3 is 11.1 Å². The predicted molar refractivity (Wildman–Crippen MR) is 79.2 cm³/mol. The summed E-state index contributed by atoms with van der Waals surface area (Å²) in [6.45, 7) is 2.89. The summed E-state index contributed by atoms with van der Waals surface area (Å²) >= 11 is 0. The van der Waals surface area contributed by atoms with Gasteiger partial charge in [-0.1, -0.05) is 24.3 Å². The van der Waals surface area contributed by atoms with Crippen molar-refractivity contribution in [3.8, 4) is 0 Å². The zero-order valence-corrected chi connectivity index (χ0v) is 11.8. The van der Waals surface area contributed by atoms with Crippen molar-refractivity contribution in [1.82, 2.24) is 10.2 Å². The van der Waals surface area contributed by atoms with Crippen LogP contribution in [0.2, 0.25) is 0 Å². The number of benzene rings is 1. The molecule has 2 aliphatic heterocycles. The van der Waals surface area contributed by atoms with Crippen LogP contribution in [-0.2, 0) is 17.8 Å². The molecule has 2 aliphatic rings. The van der Waals surface area contributed by atoms with E-state index in [1.807, 2.05) is 24.3 Å². The maximum absolute atomic E-state index is 12.2. The van der Waals surface area contributed by atoms with Gasteiger partial charge in [0.15, 0.2) is 0 Å². The van der Waals surface area contributed by atoms with Gasteiger partial charge >= 0.3 is 0 Å². The number of nitrogens with two attached hydrogens (primary N) is 1. The molecule has 2 atom stereocenters. The van der Waals surface area contributed by atoms with E-state index in [0.29, 0.717) is 25.0 Å². The highest BCUT2D eigenvalue weighted by molar-refractivity contribution is 5.79. The lowest BCUT2D eigenvalue weighted by Crippen LogP contribution is -2.42. The number of hydrogen-bond acceptors (Lipinski definition) is 3. The van der Waals surface area contributed by atoms with Crippen LogP contribution in [-0.4, -0.2) is 36.0 Å². The van der Waals surface area contributed by atoms with Gasteiger partial charge in [-0.25, -0.2) is 0 Å². The van der Waals surface area contributed by atoms with Crippen LogP contribution >= 0.6 is 0 Å². The highest BCUT2D eigenvalue weighted by Crippen LogP contribution is 2.27. The fourth-order valence-corrected chi connectivity index (χ4v) is 3.49. The Morgan fingerprint density at radius 2 is 1.95 bits per heavy atom. The van der Waals surface area contributed by atoms with Crippen LogP contribution < -0.4 is 11.1 Å². The number of nitrogens with zero attached hydrogens (tertiary/aromatic N) is 1. The zero-order valence-electron chi connectivity index (χ0n) is 11.8. The van der Waals surface area contributed by atoms with Crippen molar-refractivity contribution >= 4 is 5.91 Å². The summed E-state index contributed by atoms with van der Waals surface area (Å²) in [4.78, 5) is 14.7. The molecule has 2 heterocycles. The van der Waals surface area contributed by atoms with E-state index in [4.69, 9.17) is 5.73 Å². The third-order valence-corrected chi connectivity index (χ3v) is 4.58. The second-order valence-corrected chi connectivity index (χ2v) is 5.91. The summed E-state index contributed by atoms with van der Waals surface area (Å²) in [5.74, 6) is 0.143. The van der Waals surface area contributed by atoms with Gasteiger partial charge in [-0.2, -0.15) is 0 Å². The molecule has 0 radical (unpaired) electrons. The number of amides is 1. The second kappa shape index (κ2) is 5.94. The molecule has 0 aliphatic carbocycles. The lowest BCUT2D eigenvalue weighted by Gasteiger charge is -2.21. The Hall–Kier alpha value is -1.39. The van der Waals surface area contributed by atoms with Crippen LogP contribution in [0.1, 0.15) is 30.4 Å². The van der Waals surface area contributed by atoms with Crippen LogP contribution in [0, 0.1) is 0 Å². The first-order chi connectivity index (χ1) is 9.76. The number of fused-ring (bicyclic) bond motifs is 1. The predicted octanol–water partition coefficient (Wildman–Crippen LogP) is 1.04. The largest absolute Gasteiger partial charge is 0.351 e. The molecule has 2 saturated heterocycles. The molecule has 4 heteroatoms. The van der Waals surface area contributed by atoms with Crippen molar-refractivity contribution < 1.29 is 4.79 Å². The molecule has 20 heavy (non-hydrogen) atoms. The molecule has 0 saturated carbocycles. The minimum Gasteiger partial charge on any atom is -0.351 e. The number of hydrogen-bond donors (Lipinski definition) is 2. The first kappa shape index (κ1) is 13.6. The molecule has 0 aromatic heterocycles. The van der Waals surface area contributed by atoms with Crippen molar-refractivity contribution in [2.75, 3.05) is 13.1 Å². The number of carbonyl (C=O) groups excluding carboxylic acids is 1. The summed E-state index contributed by atoms with van der Waals surface area (Å²) < 4.78 is 0. The number of nitrogens with one attached hydrogen (secondary N) is 1. The van der Waals surface area contributed by atoms with Crippen molar-refractivity contribution in [2.45, 2.75) is 44.3 Å². The van der Waals surface area contributed by atoms with E-state index in [-0.39, 0.29) is 5.91 Å². The van der Waals surface area contributed by atoms with Crippen LogP contribution in [0.3, 0.4) is 0 Å². The highest BCUT2D eigenvalue weighted by Gasteiger charge is 2.37. The van der Waals surface area contributed by atoms with E-state index in [9.17, 15) is 4.79 Å². The Labute approximate surface area is 120 Å². The minimum atomic E-state index is 0.143. The standard InChI is InChI=1S/C16H23N3O/c17-11-13-5-3-12(4-6-13)10-16(20)18-14-7-9-19-8-1-2-15(14)19/h3-6,14-15H,1-2,7-11,17H2,(H,18,20). The first-order valence-corrected chi connectivity index (χ1v) is 7.57. The van der Waals surface area contributed by atoms with Gasteiger partial charge in [0.25, 0.3) is 0 Å². The van der Waals surface area contributed by atoms with Gasteiger partial charge in [0.05, 0.1) is 6.42 Å². The van der Waals surface area contributed by atoms with E-state index < -0.39 is 0 Å². The van der Waals surface area contributed by atoms with Crippen LogP contribution in [0.25, 0.3) is 0 Å². The second-order valence-electron chi connectivity index (χ2n) is 5.91. The maximum atomic E-state index is 12.2. The molecule has 3 N–H and O–H groups in total. The fraction of sp³-hybridized carbons (Fsp3) is 0.562. The van der Waals surface area contributed by atoms with Gasteiger partial charge in [0, 0.05) is 25.2 Å². The molecule has 0 bridgehead atoms. The van der Waals surface area contributed by atoms with Crippen LogP contribution in [0.4, 0.5) is 0 Å². The van der Waals surface area contributed by atoms with Gasteiger partial charge in [-0.15, -0.1) is 0 Å². The quantitative estimate of drug-likeness (QED) is 0.862. The van der Waals surface area contributed by atoms with Gasteiger partial charge in [-0.05, 0) is 36.9 Å². The number of carbonyl (C=O) groups is 1. The van der Waals surface area contributed by atoms with Gasteiger partial charge in [0.1, 0.15) is 0 Å². The smallest absolute Gasteiger partial charge is 0.224 e. The molecule has 2 fully saturated rings. The van der Waals surface area contributed by atoms with E-state index in [0.717, 1.165) is 24.1 Å². The topological polar surface area (TPSA) is 58.4 Å². The lowest BCUT2D eigenvalue weighted by atomic mass is 10.1. The molecule has 4 nitrogen and oxygen atoms in total. The number of rotatable bonds is 4. The SMILES string of the molecule is NCc1ccc(CC(=O)NC2CCN3CCCC23)cc1. The lowest BCUT2D eigenvalue weighted by molar-refractivity contribution is -0.121. The molecular weight excluding hydrogens is 250 g/mol. The molecular formula is C16H23N3O. The highest BCUT2D eigenvalue weighted by atomic mass is 16.1. The molecule has 0 spiro atoms. The summed E-state index contributed by atoms with van der Waals surface area (Å²) in [7, 11) is 0. The maximum Gasteiger partial charge on any atom is 0.224 e. The zero-order chi connectivity index (χ0) is 13.9. The summed E-state index contributed by atoms with van der Waals surface area (Å²) in [6.07, 6.45) is 4.07. The Kier molecular flexibility index (Phi) is 4.03. The van der Waals surface area contributed by atoms with E-state index >= 15 is 0 Å². The minimum absolute atomic E-state index is 0.143. The molecule has 2 unspecified atom stereocenters. The van der Waals surface area contributed by atoms with Crippen molar-refractivity contribution in [1.29, 1.82) is 0 Å². The van der Waals surface area contributed by atoms with Crippen molar-refractivity contribution in [3.05, 3.63) is 35.4 Å². The van der Waals surface area contributed by atoms with Crippen LogP contribution in [0.15, 0.2) is 24.3 Å². The van der Waals surface area contributed by atoms with E-state index in [2.05, 4.69) is 10.2 Å². The first-order valence-electron chi connectivity index (χ1n) is 7.57. The Balaban J connectivity index is 1.54. The van der Waals surface area contributed by atoms with Crippen LogP contribution in [0.5, 0.6) is 0 Å². The monoisotopic (exact) mass is 273 g/mol. The van der Waals surface area contributed by atoms with Gasteiger partial charge in [-0.3, -0.25) is 9.69 Å². The van der Waals surface area contributed by atoms with E-state index in [1.165, 1.54) is 19.4 Å². The Morgan fingerprint density at radius 3 is 2.70 bits per heavy atom. The Morgan fingerprint density at radius 1 is 1.20 bits per heavy atom. The average Bonchev–Trinajstić information content (AvgIpc) is 3.05. The van der Waals surface area contributed by atoms with E-state index in [1.54, 1.807) is 0 Å². The Bertz CT molecular complexity index is 471. The molecule has 1 aromatic carbocycles. The van der Waals surface area contributed by atoms with Gasteiger partial charge in [0.2, 0.25) is 5.91 Å². The normalized spacial score (nSPS) is 25.6. The summed E-state index contributed by atoms with van der Waals surface area (Å²) in [5, 5.41) is 3.22. The fourth-order valence-electron chi connectivity index (χ4n) is 3.49. The average molecular weight is 273 g/mol. The summed E-state index contributed by atoms with van der Waals surface area (Å²) in [5.41, 5.74) is 7.74.